The molecule has 0 atom stereocenters. The maximum atomic E-state index is 10.3. The second kappa shape index (κ2) is 26.6. The Kier molecular flexibility index (Phi) is 57.8. The van der Waals surface area contributed by atoms with Crippen LogP contribution in [0, 0.1) is 0 Å². The Bertz CT molecular complexity index is 336. The van der Waals surface area contributed by atoms with Gasteiger partial charge in [-0.3, -0.25) is 14.4 Å². The molecule has 0 radical (unpaired) electrons. The van der Waals surface area contributed by atoms with Crippen LogP contribution in [0.4, 0.5) is 0 Å². The first-order chi connectivity index (χ1) is 7.51. The maximum absolute atomic E-state index is 10.3. The van der Waals surface area contributed by atoms with E-state index in [0.717, 1.165) is 6.92 Å². The van der Waals surface area contributed by atoms with Crippen molar-refractivity contribution >= 4 is 23.9 Å². The second-order valence-corrected chi connectivity index (χ2v) is 3.00. The summed E-state index contributed by atoms with van der Waals surface area (Å²) in [4.78, 5) is 39.5. The average Bonchev–Trinajstić information content (AvgIpc) is 1.98. The van der Waals surface area contributed by atoms with Gasteiger partial charge in [0.05, 0.1) is 12.8 Å². The van der Waals surface area contributed by atoms with Crippen molar-refractivity contribution < 1.29 is 201 Å². The fraction of sp³-hybridized carbons (Fsp3) is 0.500. The van der Waals surface area contributed by atoms with Crippen LogP contribution in [0.1, 0.15) is 25.5 Å². The van der Waals surface area contributed by atoms with E-state index < -0.39 is 42.3 Å². The van der Waals surface area contributed by atoms with E-state index in [2.05, 4.69) is 0 Å². The van der Waals surface area contributed by atoms with E-state index in [4.69, 9.17) is 30.3 Å². The standard InChI is InChI=1S/C6H8O7.C2H4O2.K.3Na.2H2O.4H/c7-3(8)1-6(13,5(11)12)2-4(9)10;1-2(3)4;;;;;;;;;;/h13H,1-2H2,(H,7,8)(H,9,10)(H,11,12);1H3,(H,3,4);;;;;2*1H2;;;;/q;;4*+1;;;4*-1. The monoisotopic (exact) mass is 400 g/mol. The first-order valence-corrected chi connectivity index (χ1v) is 4.10. The van der Waals surface area contributed by atoms with E-state index in [0.29, 0.717) is 0 Å². The number of carboxylic acids is 4. The average molecular weight is 400 g/mol. The topological polar surface area (TPSA) is 232 Å². The zero-order chi connectivity index (χ0) is 14.2. The molecule has 0 unspecified atom stereocenters. The molecule has 15 heteroatoms. The molecule has 0 heterocycles. The molecule has 122 valence electrons. The van der Waals surface area contributed by atoms with Crippen LogP contribution < -0.4 is 140 Å². The molecular weight excluding hydrogens is 380 g/mol. The number of rotatable bonds is 5. The fourth-order valence-corrected chi connectivity index (χ4v) is 0.714. The third kappa shape index (κ3) is 36.2. The van der Waals surface area contributed by atoms with Gasteiger partial charge in [0.15, 0.2) is 5.60 Å². The Morgan fingerprint density at radius 2 is 1.00 bits per heavy atom. The minimum Gasteiger partial charge on any atom is -1.00 e. The van der Waals surface area contributed by atoms with Crippen molar-refractivity contribution in [3.05, 3.63) is 0 Å². The van der Waals surface area contributed by atoms with Crippen LogP contribution in [-0.2, 0) is 19.2 Å². The molecule has 0 amide bonds. The Hall–Kier alpha value is 2.40. The molecule has 0 rings (SSSR count). The van der Waals surface area contributed by atoms with E-state index in [1.54, 1.807) is 0 Å². The third-order valence-corrected chi connectivity index (χ3v) is 1.29. The van der Waals surface area contributed by atoms with Gasteiger partial charge in [-0.1, -0.05) is 0 Å². The Morgan fingerprint density at radius 1 is 0.826 bits per heavy atom. The smallest absolute Gasteiger partial charge is 1.00 e. The summed E-state index contributed by atoms with van der Waals surface area (Å²) in [7, 11) is 0. The number of aliphatic hydroxyl groups is 1. The van der Waals surface area contributed by atoms with Crippen LogP contribution in [0.2, 0.25) is 0 Å². The fourth-order valence-electron chi connectivity index (χ4n) is 0.714. The molecule has 0 aliphatic rings. The Balaban J connectivity index is -0.0000000148. The number of hydrogen-bond donors (Lipinski definition) is 5. The molecule has 0 spiro atoms. The molecular formula is C8H20KNa3O11. The molecule has 9 N–H and O–H groups in total. The van der Waals surface area contributed by atoms with Crippen molar-refractivity contribution in [1.82, 2.24) is 0 Å². The van der Waals surface area contributed by atoms with Gasteiger partial charge >= 0.3 is 158 Å². The molecule has 0 aliphatic carbocycles. The summed E-state index contributed by atoms with van der Waals surface area (Å²) in [6.07, 6.45) is -2.29. The molecule has 0 aromatic carbocycles. The van der Waals surface area contributed by atoms with Crippen molar-refractivity contribution in [1.29, 1.82) is 0 Å². The van der Waals surface area contributed by atoms with Crippen LogP contribution in [0.25, 0.3) is 0 Å². The van der Waals surface area contributed by atoms with Crippen LogP contribution in [0.5, 0.6) is 0 Å². The predicted octanol–water partition coefficient (Wildman–Crippen LogP) is -14.3. The molecule has 0 fully saturated rings. The van der Waals surface area contributed by atoms with Gasteiger partial charge in [0.25, 0.3) is 5.97 Å². The molecule has 0 bridgehead atoms. The first kappa shape index (κ1) is 49.9. The van der Waals surface area contributed by atoms with Crippen LogP contribution in [0.3, 0.4) is 0 Å². The SMILES string of the molecule is CC(=O)O.O.O.O=C(O)CC(O)(CC(=O)O)C(=O)O.[H-].[H-].[H-].[H-].[K+].[Na+].[Na+].[Na+]. The number of carbonyl (C=O) groups is 4. The summed E-state index contributed by atoms with van der Waals surface area (Å²) in [5, 5.41) is 41.2. The van der Waals surface area contributed by atoms with Gasteiger partial charge in [0.2, 0.25) is 0 Å². The summed E-state index contributed by atoms with van der Waals surface area (Å²) in [6.45, 7) is 1.08. The van der Waals surface area contributed by atoms with E-state index in [9.17, 15) is 14.4 Å². The maximum Gasteiger partial charge on any atom is 1.00 e. The normalized spacial score (nSPS) is 7.22. The summed E-state index contributed by atoms with van der Waals surface area (Å²) >= 11 is 0. The van der Waals surface area contributed by atoms with Crippen molar-refractivity contribution in [2.24, 2.45) is 0 Å². The second-order valence-electron chi connectivity index (χ2n) is 3.00. The molecule has 0 saturated carbocycles. The minimum absolute atomic E-state index is 0. The molecule has 11 nitrogen and oxygen atoms in total. The Labute approximate surface area is 246 Å². The van der Waals surface area contributed by atoms with Gasteiger partial charge in [-0.05, 0) is 0 Å². The van der Waals surface area contributed by atoms with E-state index in [-0.39, 0.29) is 157 Å². The largest absolute Gasteiger partial charge is 1.00 e. The molecule has 0 saturated heterocycles. The van der Waals surface area contributed by atoms with Gasteiger partial charge in [-0.2, -0.15) is 0 Å². The van der Waals surface area contributed by atoms with Crippen LogP contribution in [0.15, 0.2) is 0 Å². The molecule has 23 heavy (non-hydrogen) atoms. The summed E-state index contributed by atoms with van der Waals surface area (Å²) in [5.41, 5.74) is -2.74. The molecule has 0 aromatic rings. The minimum atomic E-state index is -2.74. The number of aliphatic carboxylic acids is 4. The van der Waals surface area contributed by atoms with E-state index in [1.165, 1.54) is 0 Å². The van der Waals surface area contributed by atoms with Crippen molar-refractivity contribution in [3.63, 3.8) is 0 Å². The zero-order valence-corrected chi connectivity index (χ0v) is 22.9. The van der Waals surface area contributed by atoms with Crippen LogP contribution in [-0.4, -0.2) is 66.0 Å². The first-order valence-electron chi connectivity index (χ1n) is 4.10. The predicted molar refractivity (Wildman–Crippen MR) is 62.1 cm³/mol. The number of carboxylic acid groups (broad SMARTS) is 4. The zero-order valence-electron chi connectivity index (χ0n) is 17.8. The Morgan fingerprint density at radius 3 is 1.09 bits per heavy atom. The molecule has 0 aromatic heterocycles. The van der Waals surface area contributed by atoms with E-state index >= 15 is 0 Å². The van der Waals surface area contributed by atoms with Gasteiger partial charge in [0, 0.05) is 6.92 Å². The van der Waals surface area contributed by atoms with Gasteiger partial charge in [-0.15, -0.1) is 0 Å². The molecule has 0 aliphatic heterocycles. The van der Waals surface area contributed by atoms with E-state index in [1.807, 2.05) is 0 Å². The quantitative estimate of drug-likeness (QED) is 0.275. The van der Waals surface area contributed by atoms with Gasteiger partial charge in [0.1, 0.15) is 0 Å². The third-order valence-electron chi connectivity index (χ3n) is 1.29. The summed E-state index contributed by atoms with van der Waals surface area (Å²) in [5.74, 6) is -5.85. The van der Waals surface area contributed by atoms with Crippen molar-refractivity contribution in [3.8, 4) is 0 Å². The van der Waals surface area contributed by atoms with Gasteiger partial charge in [-0.25, -0.2) is 4.79 Å². The van der Waals surface area contributed by atoms with Crippen LogP contribution >= 0.6 is 0 Å². The van der Waals surface area contributed by atoms with Crippen molar-refractivity contribution in [2.45, 2.75) is 25.4 Å². The van der Waals surface area contributed by atoms with Crippen molar-refractivity contribution in [2.75, 3.05) is 0 Å². The summed E-state index contributed by atoms with van der Waals surface area (Å²) < 4.78 is 0. The summed E-state index contributed by atoms with van der Waals surface area (Å²) in [6, 6.07) is 0. The van der Waals surface area contributed by atoms with Gasteiger partial charge < -0.3 is 42.2 Å². The number of hydrogen-bond acceptors (Lipinski definition) is 5.